The highest BCUT2D eigenvalue weighted by Crippen LogP contribution is 2.16. The van der Waals surface area contributed by atoms with E-state index in [0.717, 1.165) is 22.4 Å². The second-order valence-electron chi connectivity index (χ2n) is 5.11. The summed E-state index contributed by atoms with van der Waals surface area (Å²) in [4.78, 5) is 16.2. The van der Waals surface area contributed by atoms with Crippen molar-refractivity contribution in [3.63, 3.8) is 0 Å². The predicted molar refractivity (Wildman–Crippen MR) is 81.6 cm³/mol. The molecule has 1 atom stereocenters. The van der Waals surface area contributed by atoms with E-state index in [2.05, 4.69) is 16.4 Å². The van der Waals surface area contributed by atoms with Crippen LogP contribution in [0.3, 0.4) is 0 Å². The molecule has 0 aliphatic heterocycles. The number of carbonyl (C=O) groups is 1. The molecule has 1 heterocycles. The van der Waals surface area contributed by atoms with Crippen molar-refractivity contribution in [2.24, 2.45) is 5.92 Å². The van der Waals surface area contributed by atoms with E-state index in [9.17, 15) is 10.1 Å². The van der Waals surface area contributed by atoms with Gasteiger partial charge in [0.25, 0.3) is 0 Å². The highest BCUT2D eigenvalue weighted by Gasteiger charge is 2.18. The Hall–Kier alpha value is -2.67. The van der Waals surface area contributed by atoms with Gasteiger partial charge >= 0.3 is 0 Å². The Morgan fingerprint density at radius 3 is 2.62 bits per heavy atom. The topological polar surface area (TPSA) is 65.8 Å². The summed E-state index contributed by atoms with van der Waals surface area (Å²) in [6, 6.07) is 11.5. The van der Waals surface area contributed by atoms with Gasteiger partial charge in [-0.25, -0.2) is 0 Å². The standard InChI is InChI=1S/C17H17N3O/c1-12-6-13(2)8-16(7-12)20-17(21)15(10-18)9-14-4-3-5-19-11-14/h3-8,11,15H,9H2,1-2H3,(H,20,21)/t15-/m0/s1. The Kier molecular flexibility index (Phi) is 4.68. The average Bonchev–Trinajstić information content (AvgIpc) is 2.44. The molecule has 0 radical (unpaired) electrons. The Morgan fingerprint density at radius 2 is 2.05 bits per heavy atom. The number of rotatable bonds is 4. The zero-order valence-electron chi connectivity index (χ0n) is 12.1. The molecule has 0 saturated carbocycles. The third kappa shape index (κ3) is 4.15. The van der Waals surface area contributed by atoms with Gasteiger partial charge in [0.2, 0.25) is 5.91 Å². The van der Waals surface area contributed by atoms with Crippen molar-refractivity contribution in [2.75, 3.05) is 5.32 Å². The van der Waals surface area contributed by atoms with Crippen LogP contribution < -0.4 is 5.32 Å². The van der Waals surface area contributed by atoms with Crippen molar-refractivity contribution < 1.29 is 4.79 Å². The third-order valence-electron chi connectivity index (χ3n) is 3.12. The van der Waals surface area contributed by atoms with Crippen LogP contribution in [0.5, 0.6) is 0 Å². The molecule has 0 saturated heterocycles. The monoisotopic (exact) mass is 279 g/mol. The number of amides is 1. The lowest BCUT2D eigenvalue weighted by Crippen LogP contribution is -2.23. The molecule has 4 nitrogen and oxygen atoms in total. The van der Waals surface area contributed by atoms with Crippen LogP contribution in [0.1, 0.15) is 16.7 Å². The summed E-state index contributed by atoms with van der Waals surface area (Å²) in [7, 11) is 0. The van der Waals surface area contributed by atoms with Gasteiger partial charge in [0.05, 0.1) is 6.07 Å². The molecule has 0 aliphatic rings. The van der Waals surface area contributed by atoms with Crippen molar-refractivity contribution in [3.05, 3.63) is 59.4 Å². The second kappa shape index (κ2) is 6.67. The van der Waals surface area contributed by atoms with E-state index in [0.29, 0.717) is 6.42 Å². The summed E-state index contributed by atoms with van der Waals surface area (Å²) >= 11 is 0. The van der Waals surface area contributed by atoms with Crippen LogP contribution in [-0.2, 0) is 11.2 Å². The minimum absolute atomic E-state index is 0.286. The average molecular weight is 279 g/mol. The van der Waals surface area contributed by atoms with Gasteiger partial charge in [0.15, 0.2) is 0 Å². The van der Waals surface area contributed by atoms with Crippen LogP contribution in [-0.4, -0.2) is 10.9 Å². The maximum atomic E-state index is 12.2. The zero-order valence-corrected chi connectivity index (χ0v) is 12.1. The second-order valence-corrected chi connectivity index (χ2v) is 5.11. The molecule has 0 spiro atoms. The summed E-state index contributed by atoms with van der Waals surface area (Å²) in [5, 5.41) is 12.0. The van der Waals surface area contributed by atoms with Gasteiger partial charge in [-0.1, -0.05) is 12.1 Å². The third-order valence-corrected chi connectivity index (χ3v) is 3.12. The molecule has 0 unspecified atom stereocenters. The van der Waals surface area contributed by atoms with E-state index in [1.54, 1.807) is 18.5 Å². The van der Waals surface area contributed by atoms with Crippen LogP contribution in [0.25, 0.3) is 0 Å². The maximum absolute atomic E-state index is 12.2. The fourth-order valence-electron chi connectivity index (χ4n) is 2.23. The lowest BCUT2D eigenvalue weighted by atomic mass is 10.0. The van der Waals surface area contributed by atoms with Gasteiger partial charge < -0.3 is 5.32 Å². The number of anilines is 1. The Labute approximate surface area is 124 Å². The summed E-state index contributed by atoms with van der Waals surface area (Å²) in [5.41, 5.74) is 3.75. The predicted octanol–water partition coefficient (Wildman–Crippen LogP) is 3.02. The van der Waals surface area contributed by atoms with Gasteiger partial charge in [-0.3, -0.25) is 9.78 Å². The van der Waals surface area contributed by atoms with Crippen LogP contribution in [0.15, 0.2) is 42.7 Å². The number of aryl methyl sites for hydroxylation is 2. The minimum atomic E-state index is -0.727. The highest BCUT2D eigenvalue weighted by molar-refractivity contribution is 5.94. The minimum Gasteiger partial charge on any atom is -0.325 e. The van der Waals surface area contributed by atoms with Crippen molar-refractivity contribution in [1.82, 2.24) is 4.98 Å². The van der Waals surface area contributed by atoms with Crippen molar-refractivity contribution in [3.8, 4) is 6.07 Å². The summed E-state index contributed by atoms with van der Waals surface area (Å²) in [6.07, 6.45) is 3.70. The molecule has 1 N–H and O–H groups in total. The van der Waals surface area contributed by atoms with Crippen LogP contribution in [0.4, 0.5) is 5.69 Å². The van der Waals surface area contributed by atoms with E-state index >= 15 is 0 Å². The smallest absolute Gasteiger partial charge is 0.242 e. The molecule has 0 fully saturated rings. The van der Waals surface area contributed by atoms with Crippen molar-refractivity contribution in [1.29, 1.82) is 5.26 Å². The van der Waals surface area contributed by atoms with Crippen LogP contribution in [0, 0.1) is 31.1 Å². The van der Waals surface area contributed by atoms with E-state index in [4.69, 9.17) is 0 Å². The lowest BCUT2D eigenvalue weighted by molar-refractivity contribution is -0.118. The Balaban J connectivity index is 2.08. The molecule has 0 bridgehead atoms. The number of nitrogens with zero attached hydrogens (tertiary/aromatic N) is 2. The first-order chi connectivity index (χ1) is 10.1. The Bertz CT molecular complexity index is 654. The van der Waals surface area contributed by atoms with Crippen LogP contribution in [0.2, 0.25) is 0 Å². The number of hydrogen-bond acceptors (Lipinski definition) is 3. The van der Waals surface area contributed by atoms with Gasteiger partial charge in [0.1, 0.15) is 5.92 Å². The van der Waals surface area contributed by atoms with Crippen molar-refractivity contribution in [2.45, 2.75) is 20.3 Å². The summed E-state index contributed by atoms with van der Waals surface area (Å²) in [6.45, 7) is 3.94. The fourth-order valence-corrected chi connectivity index (χ4v) is 2.23. The molecule has 106 valence electrons. The summed E-state index contributed by atoms with van der Waals surface area (Å²) < 4.78 is 0. The van der Waals surface area contributed by atoms with Crippen molar-refractivity contribution >= 4 is 11.6 Å². The quantitative estimate of drug-likeness (QED) is 0.935. The SMILES string of the molecule is Cc1cc(C)cc(NC(=O)[C@H](C#N)Cc2cccnc2)c1. The largest absolute Gasteiger partial charge is 0.325 e. The first-order valence-electron chi connectivity index (χ1n) is 6.76. The molecular weight excluding hydrogens is 262 g/mol. The summed E-state index contributed by atoms with van der Waals surface area (Å²) in [5.74, 6) is -1.01. The van der Waals surface area contributed by atoms with Gasteiger partial charge in [0, 0.05) is 18.1 Å². The van der Waals surface area contributed by atoms with E-state index < -0.39 is 5.92 Å². The lowest BCUT2D eigenvalue weighted by Gasteiger charge is -2.11. The zero-order chi connectivity index (χ0) is 15.2. The molecule has 1 aromatic heterocycles. The maximum Gasteiger partial charge on any atom is 0.242 e. The molecule has 0 aliphatic carbocycles. The Morgan fingerprint density at radius 1 is 1.33 bits per heavy atom. The number of benzene rings is 1. The first-order valence-corrected chi connectivity index (χ1v) is 6.76. The molecular formula is C17H17N3O. The molecule has 2 aromatic rings. The number of nitrogens with one attached hydrogen (secondary N) is 1. The van der Waals surface area contributed by atoms with Gasteiger partial charge in [-0.15, -0.1) is 0 Å². The van der Waals surface area contributed by atoms with E-state index in [-0.39, 0.29) is 5.91 Å². The van der Waals surface area contributed by atoms with Gasteiger partial charge in [-0.05, 0) is 55.2 Å². The number of nitriles is 1. The number of carbonyl (C=O) groups excluding carboxylic acids is 1. The number of hydrogen-bond donors (Lipinski definition) is 1. The highest BCUT2D eigenvalue weighted by atomic mass is 16.1. The molecule has 21 heavy (non-hydrogen) atoms. The molecule has 1 aromatic carbocycles. The van der Waals surface area contributed by atoms with Crippen LogP contribution >= 0.6 is 0 Å². The van der Waals surface area contributed by atoms with Gasteiger partial charge in [-0.2, -0.15) is 5.26 Å². The normalized spacial score (nSPS) is 11.5. The molecule has 2 rings (SSSR count). The van der Waals surface area contributed by atoms with E-state index in [1.807, 2.05) is 38.1 Å². The molecule has 1 amide bonds. The fraction of sp³-hybridized carbons (Fsp3) is 0.235. The first kappa shape index (κ1) is 14.7. The van der Waals surface area contributed by atoms with E-state index in [1.165, 1.54) is 0 Å². The number of aromatic nitrogens is 1. The molecule has 4 heteroatoms. The number of pyridine rings is 1.